The fourth-order valence-corrected chi connectivity index (χ4v) is 2.95. The van der Waals surface area contributed by atoms with Crippen LogP contribution in [0.5, 0.6) is 0 Å². The number of halogens is 2. The van der Waals surface area contributed by atoms with E-state index in [4.69, 9.17) is 17.3 Å². The average Bonchev–Trinajstić information content (AvgIpc) is 2.64. The Bertz CT molecular complexity index is 512. The SMILES string of the molecule is CN(c1ccc(Br)s1)c1ccc(Cl)cc1N. The molecule has 0 fully saturated rings. The lowest BCUT2D eigenvalue weighted by molar-refractivity contribution is 1.24. The topological polar surface area (TPSA) is 29.3 Å². The Kier molecular flexibility index (Phi) is 3.42. The van der Waals surface area contributed by atoms with E-state index in [1.807, 2.05) is 36.2 Å². The highest BCUT2D eigenvalue weighted by Gasteiger charge is 2.09. The second-order valence-corrected chi connectivity index (χ2v) is 6.22. The Morgan fingerprint density at radius 1 is 1.31 bits per heavy atom. The van der Waals surface area contributed by atoms with Crippen LogP contribution in [0.3, 0.4) is 0 Å². The quantitative estimate of drug-likeness (QED) is 0.826. The van der Waals surface area contributed by atoms with Gasteiger partial charge in [-0.2, -0.15) is 0 Å². The van der Waals surface area contributed by atoms with Gasteiger partial charge in [-0.1, -0.05) is 11.6 Å². The molecule has 0 aliphatic heterocycles. The lowest BCUT2D eigenvalue weighted by Gasteiger charge is -2.19. The first kappa shape index (κ1) is 11.8. The van der Waals surface area contributed by atoms with E-state index in [-0.39, 0.29) is 0 Å². The van der Waals surface area contributed by atoms with Gasteiger partial charge in [-0.3, -0.25) is 0 Å². The van der Waals surface area contributed by atoms with E-state index >= 15 is 0 Å². The van der Waals surface area contributed by atoms with Crippen LogP contribution in [0.15, 0.2) is 34.1 Å². The van der Waals surface area contributed by atoms with E-state index in [9.17, 15) is 0 Å². The third-order valence-corrected chi connectivity index (χ3v) is 4.18. The molecule has 5 heteroatoms. The molecule has 1 aromatic heterocycles. The van der Waals surface area contributed by atoms with E-state index in [2.05, 4.69) is 15.9 Å². The summed E-state index contributed by atoms with van der Waals surface area (Å²) in [7, 11) is 1.98. The minimum absolute atomic E-state index is 0.655. The summed E-state index contributed by atoms with van der Waals surface area (Å²) in [5.74, 6) is 0. The van der Waals surface area contributed by atoms with Crippen molar-refractivity contribution in [2.75, 3.05) is 17.7 Å². The molecule has 84 valence electrons. The van der Waals surface area contributed by atoms with Gasteiger partial charge in [0.05, 0.1) is 20.2 Å². The number of nitrogen functional groups attached to an aromatic ring is 1. The predicted octanol–water partition coefficient (Wildman–Crippen LogP) is 4.51. The summed E-state index contributed by atoms with van der Waals surface area (Å²) >= 11 is 11.0. The van der Waals surface area contributed by atoms with Gasteiger partial charge < -0.3 is 10.6 Å². The molecule has 16 heavy (non-hydrogen) atoms. The minimum Gasteiger partial charge on any atom is -0.397 e. The molecule has 2 nitrogen and oxygen atoms in total. The van der Waals surface area contributed by atoms with Gasteiger partial charge in [-0.25, -0.2) is 0 Å². The van der Waals surface area contributed by atoms with Crippen LogP contribution >= 0.6 is 38.9 Å². The van der Waals surface area contributed by atoms with Crippen LogP contribution in [0, 0.1) is 0 Å². The molecule has 0 saturated carbocycles. The van der Waals surface area contributed by atoms with Gasteiger partial charge in [0.25, 0.3) is 0 Å². The zero-order valence-corrected chi connectivity index (χ0v) is 11.7. The predicted molar refractivity (Wildman–Crippen MR) is 75.9 cm³/mol. The van der Waals surface area contributed by atoms with Crippen molar-refractivity contribution < 1.29 is 0 Å². The van der Waals surface area contributed by atoms with Crippen LogP contribution in [-0.2, 0) is 0 Å². The first-order valence-corrected chi connectivity index (χ1v) is 6.61. The number of nitrogens with two attached hydrogens (primary N) is 1. The lowest BCUT2D eigenvalue weighted by Crippen LogP contribution is -2.09. The van der Waals surface area contributed by atoms with Gasteiger partial charge in [0, 0.05) is 12.1 Å². The van der Waals surface area contributed by atoms with Gasteiger partial charge in [0.15, 0.2) is 0 Å². The molecule has 1 heterocycles. The Labute approximate surface area is 112 Å². The highest BCUT2D eigenvalue weighted by Crippen LogP contribution is 2.36. The van der Waals surface area contributed by atoms with Gasteiger partial charge in [0.1, 0.15) is 0 Å². The van der Waals surface area contributed by atoms with Crippen molar-refractivity contribution in [3.05, 3.63) is 39.1 Å². The molecule has 2 aromatic rings. The van der Waals surface area contributed by atoms with E-state index < -0.39 is 0 Å². The highest BCUT2D eigenvalue weighted by atomic mass is 79.9. The third-order valence-electron chi connectivity index (χ3n) is 2.24. The number of hydrogen-bond donors (Lipinski definition) is 1. The number of rotatable bonds is 2. The number of hydrogen-bond acceptors (Lipinski definition) is 3. The molecule has 0 radical (unpaired) electrons. The van der Waals surface area contributed by atoms with Gasteiger partial charge in [-0.15, -0.1) is 11.3 Å². The molecule has 2 rings (SSSR count). The van der Waals surface area contributed by atoms with Crippen LogP contribution < -0.4 is 10.6 Å². The summed E-state index contributed by atoms with van der Waals surface area (Å²) in [6, 6.07) is 9.58. The maximum absolute atomic E-state index is 5.93. The van der Waals surface area contributed by atoms with Crippen molar-refractivity contribution in [3.8, 4) is 0 Å². The third kappa shape index (κ3) is 2.34. The smallest absolute Gasteiger partial charge is 0.0962 e. The number of anilines is 3. The second kappa shape index (κ2) is 4.65. The highest BCUT2D eigenvalue weighted by molar-refractivity contribution is 9.11. The Morgan fingerprint density at radius 3 is 2.62 bits per heavy atom. The summed E-state index contributed by atoms with van der Waals surface area (Å²) < 4.78 is 1.10. The average molecular weight is 318 g/mol. The summed E-state index contributed by atoms with van der Waals surface area (Å²) in [5, 5.41) is 1.78. The maximum Gasteiger partial charge on any atom is 0.0962 e. The molecule has 0 aliphatic carbocycles. The number of nitrogens with zero attached hydrogens (tertiary/aromatic N) is 1. The number of benzene rings is 1. The largest absolute Gasteiger partial charge is 0.397 e. The molecular weight excluding hydrogens is 308 g/mol. The minimum atomic E-state index is 0.655. The van der Waals surface area contributed by atoms with Crippen molar-refractivity contribution >= 4 is 55.2 Å². The number of thiophene rings is 1. The maximum atomic E-state index is 5.93. The summed E-state index contributed by atoms with van der Waals surface area (Å²) in [6.45, 7) is 0. The van der Waals surface area contributed by atoms with Crippen LogP contribution in [0.2, 0.25) is 5.02 Å². The molecule has 0 aliphatic rings. The van der Waals surface area contributed by atoms with Crippen LogP contribution in [-0.4, -0.2) is 7.05 Å². The standard InChI is InChI=1S/C11H10BrClN2S/c1-15(11-5-4-10(12)16-11)9-3-2-7(13)6-8(9)14/h2-6H,14H2,1H3. The lowest BCUT2D eigenvalue weighted by atomic mass is 10.2. The van der Waals surface area contributed by atoms with Gasteiger partial charge >= 0.3 is 0 Å². The molecule has 2 N–H and O–H groups in total. The van der Waals surface area contributed by atoms with Crippen molar-refractivity contribution in [3.63, 3.8) is 0 Å². The zero-order chi connectivity index (χ0) is 11.7. The first-order valence-electron chi connectivity index (χ1n) is 4.62. The second-order valence-electron chi connectivity index (χ2n) is 3.34. The summed E-state index contributed by atoms with van der Waals surface area (Å²) in [6.07, 6.45) is 0. The molecule has 0 atom stereocenters. The van der Waals surface area contributed by atoms with Gasteiger partial charge in [0.2, 0.25) is 0 Å². The van der Waals surface area contributed by atoms with Crippen molar-refractivity contribution in [1.29, 1.82) is 0 Å². The molecular formula is C11H10BrClN2S. The molecule has 0 unspecified atom stereocenters. The molecule has 0 saturated heterocycles. The monoisotopic (exact) mass is 316 g/mol. The van der Waals surface area contributed by atoms with E-state index in [0.29, 0.717) is 10.7 Å². The van der Waals surface area contributed by atoms with Crippen molar-refractivity contribution in [2.24, 2.45) is 0 Å². The molecule has 0 bridgehead atoms. The zero-order valence-electron chi connectivity index (χ0n) is 8.58. The first-order chi connectivity index (χ1) is 7.58. The molecule has 1 aromatic carbocycles. The van der Waals surface area contributed by atoms with E-state index in [1.54, 1.807) is 17.4 Å². The van der Waals surface area contributed by atoms with Crippen LogP contribution in [0.4, 0.5) is 16.4 Å². The molecule has 0 spiro atoms. The van der Waals surface area contributed by atoms with Crippen molar-refractivity contribution in [1.82, 2.24) is 0 Å². The van der Waals surface area contributed by atoms with Gasteiger partial charge in [-0.05, 0) is 46.3 Å². The fourth-order valence-electron chi connectivity index (χ4n) is 1.43. The Hall–Kier alpha value is -0.710. The van der Waals surface area contributed by atoms with E-state index in [0.717, 1.165) is 14.5 Å². The van der Waals surface area contributed by atoms with Crippen LogP contribution in [0.1, 0.15) is 0 Å². The summed E-state index contributed by atoms with van der Waals surface area (Å²) in [5.41, 5.74) is 7.57. The van der Waals surface area contributed by atoms with Crippen molar-refractivity contribution in [2.45, 2.75) is 0 Å². The van der Waals surface area contributed by atoms with E-state index in [1.165, 1.54) is 0 Å². The summed E-state index contributed by atoms with van der Waals surface area (Å²) in [4.78, 5) is 2.04. The van der Waals surface area contributed by atoms with Crippen LogP contribution in [0.25, 0.3) is 0 Å². The Morgan fingerprint density at radius 2 is 2.06 bits per heavy atom. The Balaban J connectivity index is 2.37. The normalized spacial score (nSPS) is 10.4. The molecule has 0 amide bonds. The fraction of sp³-hybridized carbons (Fsp3) is 0.0909.